The number of benzene rings is 2. The Bertz CT molecular complexity index is 965. The van der Waals surface area contributed by atoms with E-state index in [-0.39, 0.29) is 17.3 Å². The molecule has 0 amide bonds. The molecule has 0 aliphatic carbocycles. The molecule has 6 nitrogen and oxygen atoms in total. The van der Waals surface area contributed by atoms with Crippen LogP contribution < -0.4 is 14.8 Å². The number of rotatable bonds is 4. The highest BCUT2D eigenvalue weighted by molar-refractivity contribution is 5.70. The Hall–Kier alpha value is -3.29. The summed E-state index contributed by atoms with van der Waals surface area (Å²) in [6.45, 7) is 2.06. The first-order valence-electron chi connectivity index (χ1n) is 7.98. The molecule has 3 aromatic rings. The van der Waals surface area contributed by atoms with Crippen molar-refractivity contribution in [1.82, 2.24) is 15.0 Å². The van der Waals surface area contributed by atoms with Crippen LogP contribution in [-0.4, -0.2) is 21.2 Å². The zero-order valence-electron chi connectivity index (χ0n) is 13.7. The van der Waals surface area contributed by atoms with E-state index in [4.69, 9.17) is 0 Å². The molecule has 0 atom stereocenters. The molecule has 132 valence electrons. The second kappa shape index (κ2) is 6.21. The number of hydrogen-bond acceptors (Lipinski definition) is 6. The molecule has 0 saturated carbocycles. The highest BCUT2D eigenvalue weighted by Crippen LogP contribution is 2.46. The first-order valence-corrected chi connectivity index (χ1v) is 7.98. The van der Waals surface area contributed by atoms with Crippen molar-refractivity contribution in [2.24, 2.45) is 0 Å². The molecule has 2 heterocycles. The van der Waals surface area contributed by atoms with Gasteiger partial charge in [-0.1, -0.05) is 25.1 Å². The van der Waals surface area contributed by atoms with Gasteiger partial charge in [-0.3, -0.25) is 0 Å². The molecule has 1 aliphatic rings. The molecule has 0 bridgehead atoms. The Balaban J connectivity index is 1.66. The third kappa shape index (κ3) is 3.13. The Morgan fingerprint density at radius 3 is 2.77 bits per heavy atom. The highest BCUT2D eigenvalue weighted by atomic mass is 19.3. The highest BCUT2D eigenvalue weighted by Gasteiger charge is 2.44. The van der Waals surface area contributed by atoms with Crippen LogP contribution in [0.1, 0.15) is 12.5 Å². The molecule has 1 N–H and O–H groups in total. The molecule has 8 heteroatoms. The number of para-hydroxylation sites is 1. The van der Waals surface area contributed by atoms with Gasteiger partial charge in [0.1, 0.15) is 6.33 Å². The van der Waals surface area contributed by atoms with Gasteiger partial charge in [0.25, 0.3) is 0 Å². The van der Waals surface area contributed by atoms with Gasteiger partial charge < -0.3 is 14.8 Å². The van der Waals surface area contributed by atoms with E-state index in [2.05, 4.69) is 36.7 Å². The lowest BCUT2D eigenvalue weighted by atomic mass is 10.1. The first kappa shape index (κ1) is 16.2. The van der Waals surface area contributed by atoms with Gasteiger partial charge in [-0.05, 0) is 36.2 Å². The van der Waals surface area contributed by atoms with Crippen LogP contribution in [0.4, 0.5) is 20.4 Å². The van der Waals surface area contributed by atoms with Crippen LogP contribution in [-0.2, 0) is 6.42 Å². The minimum absolute atomic E-state index is 0.0573. The van der Waals surface area contributed by atoms with Crippen molar-refractivity contribution < 1.29 is 18.3 Å². The van der Waals surface area contributed by atoms with E-state index >= 15 is 0 Å². The molecule has 0 fully saturated rings. The minimum atomic E-state index is -3.70. The average molecular weight is 356 g/mol. The van der Waals surface area contributed by atoms with E-state index in [1.165, 1.54) is 12.4 Å². The summed E-state index contributed by atoms with van der Waals surface area (Å²) >= 11 is 0. The summed E-state index contributed by atoms with van der Waals surface area (Å²) in [4.78, 5) is 12.5. The second-order valence-corrected chi connectivity index (χ2v) is 5.61. The van der Waals surface area contributed by atoms with Crippen LogP contribution in [0, 0.1) is 0 Å². The van der Waals surface area contributed by atoms with Crippen molar-refractivity contribution in [3.63, 3.8) is 0 Å². The van der Waals surface area contributed by atoms with Crippen molar-refractivity contribution in [2.75, 3.05) is 5.32 Å². The van der Waals surface area contributed by atoms with Gasteiger partial charge in [-0.15, -0.1) is 8.78 Å². The number of alkyl halides is 2. The van der Waals surface area contributed by atoms with Crippen molar-refractivity contribution in [3.05, 3.63) is 54.4 Å². The van der Waals surface area contributed by atoms with Crippen molar-refractivity contribution in [3.8, 4) is 22.9 Å². The molecular weight excluding hydrogens is 342 g/mol. The second-order valence-electron chi connectivity index (χ2n) is 5.61. The number of anilines is 2. The molecule has 0 radical (unpaired) electrons. The Labute approximate surface area is 147 Å². The summed E-state index contributed by atoms with van der Waals surface area (Å²) in [6.07, 6.45) is -1.49. The number of aryl methyl sites for hydroxylation is 1. The fourth-order valence-electron chi connectivity index (χ4n) is 2.63. The predicted molar refractivity (Wildman–Crippen MR) is 90.6 cm³/mol. The SMILES string of the molecule is CCc1cccc(Nc2ncnc(-c3cccc4c3OC(F)(F)O4)n2)c1. The summed E-state index contributed by atoms with van der Waals surface area (Å²) in [5.41, 5.74) is 2.29. The van der Waals surface area contributed by atoms with Crippen LogP contribution in [0.15, 0.2) is 48.8 Å². The quantitative estimate of drug-likeness (QED) is 0.757. The van der Waals surface area contributed by atoms with E-state index in [0.717, 1.165) is 17.7 Å². The summed E-state index contributed by atoms with van der Waals surface area (Å²) in [5.74, 6) is 0.347. The van der Waals surface area contributed by atoms with E-state index in [1.807, 2.05) is 24.3 Å². The summed E-state index contributed by atoms with van der Waals surface area (Å²) in [7, 11) is 0. The molecule has 4 rings (SSSR count). The number of aromatic nitrogens is 3. The van der Waals surface area contributed by atoms with Gasteiger partial charge in [-0.25, -0.2) is 9.97 Å². The fourth-order valence-corrected chi connectivity index (χ4v) is 2.63. The lowest BCUT2D eigenvalue weighted by Crippen LogP contribution is -2.26. The Kier molecular flexibility index (Phi) is 3.87. The summed E-state index contributed by atoms with van der Waals surface area (Å²) < 4.78 is 35.8. The molecular formula is C18H14F2N4O2. The summed E-state index contributed by atoms with van der Waals surface area (Å²) in [6, 6.07) is 12.4. The van der Waals surface area contributed by atoms with Crippen LogP contribution in [0.5, 0.6) is 11.5 Å². The molecule has 26 heavy (non-hydrogen) atoms. The minimum Gasteiger partial charge on any atom is -0.395 e. The van der Waals surface area contributed by atoms with Gasteiger partial charge in [-0.2, -0.15) is 4.98 Å². The number of nitrogens with zero attached hydrogens (tertiary/aromatic N) is 3. The predicted octanol–water partition coefficient (Wildman–Crippen LogP) is 4.17. The number of halogens is 2. The van der Waals surface area contributed by atoms with Gasteiger partial charge in [0, 0.05) is 5.69 Å². The van der Waals surface area contributed by atoms with E-state index in [9.17, 15) is 8.78 Å². The zero-order valence-corrected chi connectivity index (χ0v) is 13.7. The van der Waals surface area contributed by atoms with E-state index < -0.39 is 6.29 Å². The molecule has 0 saturated heterocycles. The smallest absolute Gasteiger partial charge is 0.395 e. The lowest BCUT2D eigenvalue weighted by Gasteiger charge is -2.08. The van der Waals surface area contributed by atoms with Crippen LogP contribution >= 0.6 is 0 Å². The topological polar surface area (TPSA) is 69.2 Å². The van der Waals surface area contributed by atoms with Crippen LogP contribution in [0.3, 0.4) is 0 Å². The molecule has 2 aromatic carbocycles. The van der Waals surface area contributed by atoms with Crippen molar-refractivity contribution in [2.45, 2.75) is 19.6 Å². The van der Waals surface area contributed by atoms with Crippen LogP contribution in [0.2, 0.25) is 0 Å². The molecule has 0 unspecified atom stereocenters. The van der Waals surface area contributed by atoms with Crippen molar-refractivity contribution in [1.29, 1.82) is 0 Å². The molecule has 1 aromatic heterocycles. The third-order valence-electron chi connectivity index (χ3n) is 3.83. The standard InChI is InChI=1S/C18H14F2N4O2/c1-2-11-5-3-6-12(9-11)23-17-22-10-21-16(24-17)13-7-4-8-14-15(13)26-18(19,20)25-14/h3-10H,2H2,1H3,(H,21,22,23,24). The summed E-state index contributed by atoms with van der Waals surface area (Å²) in [5, 5.41) is 3.09. The van der Waals surface area contributed by atoms with E-state index in [0.29, 0.717) is 11.5 Å². The molecule has 0 spiro atoms. The van der Waals surface area contributed by atoms with Gasteiger partial charge >= 0.3 is 6.29 Å². The third-order valence-corrected chi connectivity index (χ3v) is 3.83. The average Bonchev–Trinajstić information content (AvgIpc) is 2.96. The fraction of sp³-hybridized carbons (Fsp3) is 0.167. The van der Waals surface area contributed by atoms with Gasteiger partial charge in [0.15, 0.2) is 17.3 Å². The number of nitrogens with one attached hydrogen (secondary N) is 1. The zero-order chi connectivity index (χ0) is 18.1. The number of hydrogen-bond donors (Lipinski definition) is 1. The first-order chi connectivity index (χ1) is 12.5. The van der Waals surface area contributed by atoms with Gasteiger partial charge in [0.05, 0.1) is 5.56 Å². The maximum absolute atomic E-state index is 13.4. The number of ether oxygens (including phenoxy) is 2. The maximum atomic E-state index is 13.4. The Morgan fingerprint density at radius 1 is 1.08 bits per heavy atom. The normalized spacial score (nSPS) is 14.3. The maximum Gasteiger partial charge on any atom is 0.586 e. The monoisotopic (exact) mass is 356 g/mol. The molecule has 1 aliphatic heterocycles. The Morgan fingerprint density at radius 2 is 1.92 bits per heavy atom. The van der Waals surface area contributed by atoms with Crippen molar-refractivity contribution >= 4 is 11.6 Å². The number of fused-ring (bicyclic) bond motifs is 1. The van der Waals surface area contributed by atoms with E-state index in [1.54, 1.807) is 12.1 Å². The largest absolute Gasteiger partial charge is 0.586 e. The lowest BCUT2D eigenvalue weighted by molar-refractivity contribution is -0.286. The van der Waals surface area contributed by atoms with Crippen LogP contribution in [0.25, 0.3) is 11.4 Å². The van der Waals surface area contributed by atoms with Gasteiger partial charge in [0.2, 0.25) is 5.95 Å².